The number of fused-ring (bicyclic) bond motifs is 1. The van der Waals surface area contributed by atoms with Crippen LogP contribution in [-0.4, -0.2) is 27.7 Å². The van der Waals surface area contributed by atoms with Crippen molar-refractivity contribution in [2.24, 2.45) is 5.41 Å². The SMILES string of the molecule is CCCc1cc(=O)n2nc(N3CCCC4(CC4)C3)sc2n1. The summed E-state index contributed by atoms with van der Waals surface area (Å²) in [5, 5.41) is 5.47. The molecule has 0 bridgehead atoms. The van der Waals surface area contributed by atoms with Gasteiger partial charge in [0.25, 0.3) is 5.56 Å². The van der Waals surface area contributed by atoms with Crippen molar-refractivity contribution in [1.82, 2.24) is 14.6 Å². The molecule has 5 nitrogen and oxygen atoms in total. The molecule has 0 N–H and O–H groups in total. The van der Waals surface area contributed by atoms with E-state index >= 15 is 0 Å². The van der Waals surface area contributed by atoms with Crippen molar-refractivity contribution in [1.29, 1.82) is 0 Å². The van der Waals surface area contributed by atoms with Crippen molar-refractivity contribution in [3.63, 3.8) is 0 Å². The Labute approximate surface area is 127 Å². The monoisotopic (exact) mass is 304 g/mol. The van der Waals surface area contributed by atoms with E-state index in [1.54, 1.807) is 17.4 Å². The summed E-state index contributed by atoms with van der Waals surface area (Å²) in [6, 6.07) is 1.62. The van der Waals surface area contributed by atoms with Gasteiger partial charge in [0.2, 0.25) is 10.1 Å². The summed E-state index contributed by atoms with van der Waals surface area (Å²) >= 11 is 1.55. The number of nitrogens with zero attached hydrogens (tertiary/aromatic N) is 4. The fraction of sp³-hybridized carbons (Fsp3) is 0.667. The first-order chi connectivity index (χ1) is 10.2. The highest BCUT2D eigenvalue weighted by molar-refractivity contribution is 7.20. The van der Waals surface area contributed by atoms with Gasteiger partial charge in [-0.05, 0) is 37.5 Å². The molecule has 21 heavy (non-hydrogen) atoms. The highest BCUT2D eigenvalue weighted by Crippen LogP contribution is 2.52. The van der Waals surface area contributed by atoms with Crippen LogP contribution in [0.5, 0.6) is 0 Å². The van der Waals surface area contributed by atoms with Gasteiger partial charge in [-0.15, -0.1) is 5.10 Å². The summed E-state index contributed by atoms with van der Waals surface area (Å²) in [5.41, 5.74) is 1.39. The first-order valence-electron chi connectivity index (χ1n) is 7.84. The molecule has 1 aliphatic carbocycles. The smallest absolute Gasteiger partial charge is 0.275 e. The van der Waals surface area contributed by atoms with Crippen LogP contribution in [0, 0.1) is 5.41 Å². The summed E-state index contributed by atoms with van der Waals surface area (Å²) in [5.74, 6) is 0. The predicted molar refractivity (Wildman–Crippen MR) is 84.2 cm³/mol. The minimum absolute atomic E-state index is 0.0518. The van der Waals surface area contributed by atoms with Crippen LogP contribution in [0.3, 0.4) is 0 Å². The van der Waals surface area contributed by atoms with Gasteiger partial charge in [-0.1, -0.05) is 24.7 Å². The van der Waals surface area contributed by atoms with E-state index in [0.717, 1.165) is 41.7 Å². The standard InChI is InChI=1S/C15H20N4OS/c1-2-4-11-9-12(20)19-13(16-11)21-14(17-19)18-8-3-5-15(10-18)6-7-15/h9H,2-8,10H2,1H3. The van der Waals surface area contributed by atoms with Crippen LogP contribution >= 0.6 is 11.3 Å². The minimum atomic E-state index is -0.0518. The Morgan fingerprint density at radius 3 is 3.00 bits per heavy atom. The van der Waals surface area contributed by atoms with Crippen LogP contribution < -0.4 is 10.5 Å². The molecule has 0 radical (unpaired) electrons. The number of piperidine rings is 1. The van der Waals surface area contributed by atoms with E-state index < -0.39 is 0 Å². The molecule has 1 saturated carbocycles. The third-order valence-corrected chi connectivity index (χ3v) is 5.65. The summed E-state index contributed by atoms with van der Waals surface area (Å²) in [6.45, 7) is 4.26. The summed E-state index contributed by atoms with van der Waals surface area (Å²) in [4.78, 5) is 19.8. The zero-order valence-corrected chi connectivity index (χ0v) is 13.2. The average Bonchev–Trinajstić information content (AvgIpc) is 3.05. The zero-order chi connectivity index (χ0) is 14.4. The molecule has 1 aliphatic heterocycles. The molecule has 0 atom stereocenters. The molecule has 6 heteroatoms. The van der Waals surface area contributed by atoms with E-state index in [1.165, 1.54) is 30.2 Å². The lowest BCUT2D eigenvalue weighted by atomic mass is 9.96. The average molecular weight is 304 g/mol. The fourth-order valence-electron chi connectivity index (χ4n) is 3.31. The Morgan fingerprint density at radius 2 is 2.24 bits per heavy atom. The molecule has 112 valence electrons. The molecular weight excluding hydrogens is 284 g/mol. The van der Waals surface area contributed by atoms with Crippen molar-refractivity contribution < 1.29 is 0 Å². The van der Waals surface area contributed by atoms with Gasteiger partial charge in [-0.2, -0.15) is 4.52 Å². The van der Waals surface area contributed by atoms with Gasteiger partial charge in [-0.25, -0.2) is 4.98 Å². The van der Waals surface area contributed by atoms with Gasteiger partial charge < -0.3 is 4.90 Å². The molecule has 2 fully saturated rings. The molecule has 0 aromatic carbocycles. The maximum absolute atomic E-state index is 12.2. The van der Waals surface area contributed by atoms with E-state index in [1.807, 2.05) is 0 Å². The first-order valence-corrected chi connectivity index (χ1v) is 8.66. The molecule has 1 spiro atoms. The Hall–Kier alpha value is -1.43. The molecule has 1 saturated heterocycles. The Morgan fingerprint density at radius 1 is 1.38 bits per heavy atom. The summed E-state index contributed by atoms with van der Waals surface area (Å²) in [7, 11) is 0. The molecule has 0 amide bonds. The van der Waals surface area contributed by atoms with Gasteiger partial charge in [0.05, 0.1) is 0 Å². The highest BCUT2D eigenvalue weighted by Gasteiger charge is 2.45. The van der Waals surface area contributed by atoms with Crippen LogP contribution in [0.1, 0.15) is 44.7 Å². The Kier molecular flexibility index (Phi) is 3.03. The van der Waals surface area contributed by atoms with Crippen LogP contribution in [0.2, 0.25) is 0 Å². The topological polar surface area (TPSA) is 50.5 Å². The normalized spacial score (nSPS) is 20.3. The Balaban J connectivity index is 1.69. The number of hydrogen-bond donors (Lipinski definition) is 0. The van der Waals surface area contributed by atoms with E-state index in [9.17, 15) is 4.79 Å². The zero-order valence-electron chi connectivity index (χ0n) is 12.3. The lowest BCUT2D eigenvalue weighted by molar-refractivity contribution is 0.394. The molecular formula is C15H20N4OS. The van der Waals surface area contributed by atoms with Crippen molar-refractivity contribution in [2.45, 2.75) is 45.4 Å². The molecule has 0 unspecified atom stereocenters. The predicted octanol–water partition coefficient (Wildman–Crippen LogP) is 2.48. The van der Waals surface area contributed by atoms with Crippen molar-refractivity contribution in [3.05, 3.63) is 22.1 Å². The molecule has 4 rings (SSSR count). The largest absolute Gasteiger partial charge is 0.346 e. The second-order valence-corrected chi connectivity index (χ2v) is 7.37. The number of anilines is 1. The first kappa shape index (κ1) is 13.2. The second-order valence-electron chi connectivity index (χ2n) is 6.44. The Bertz CT molecular complexity index is 731. The second kappa shape index (κ2) is 4.80. The quantitative estimate of drug-likeness (QED) is 0.874. The van der Waals surface area contributed by atoms with Gasteiger partial charge in [0.15, 0.2) is 0 Å². The third-order valence-electron chi connectivity index (χ3n) is 4.68. The number of aryl methyl sites for hydroxylation is 1. The van der Waals surface area contributed by atoms with E-state index in [0.29, 0.717) is 5.41 Å². The van der Waals surface area contributed by atoms with Gasteiger partial charge >= 0.3 is 0 Å². The molecule has 2 aliphatic rings. The van der Waals surface area contributed by atoms with E-state index in [-0.39, 0.29) is 5.56 Å². The maximum Gasteiger partial charge on any atom is 0.275 e. The fourth-order valence-corrected chi connectivity index (χ4v) is 4.27. The summed E-state index contributed by atoms with van der Waals surface area (Å²) < 4.78 is 1.47. The highest BCUT2D eigenvalue weighted by atomic mass is 32.1. The van der Waals surface area contributed by atoms with Gasteiger partial charge in [0.1, 0.15) is 0 Å². The minimum Gasteiger partial charge on any atom is -0.346 e. The van der Waals surface area contributed by atoms with Crippen molar-refractivity contribution >= 4 is 21.4 Å². The lowest BCUT2D eigenvalue weighted by Gasteiger charge is -2.32. The van der Waals surface area contributed by atoms with Crippen LogP contribution in [-0.2, 0) is 6.42 Å². The van der Waals surface area contributed by atoms with Crippen molar-refractivity contribution in [2.75, 3.05) is 18.0 Å². The van der Waals surface area contributed by atoms with Gasteiger partial charge in [-0.3, -0.25) is 4.79 Å². The van der Waals surface area contributed by atoms with E-state index in [2.05, 4.69) is 21.9 Å². The van der Waals surface area contributed by atoms with Gasteiger partial charge in [0, 0.05) is 24.8 Å². The van der Waals surface area contributed by atoms with Crippen LogP contribution in [0.25, 0.3) is 4.96 Å². The van der Waals surface area contributed by atoms with Crippen molar-refractivity contribution in [3.8, 4) is 0 Å². The third kappa shape index (κ3) is 2.35. The lowest BCUT2D eigenvalue weighted by Crippen LogP contribution is -2.36. The van der Waals surface area contributed by atoms with Crippen LogP contribution in [0.4, 0.5) is 5.13 Å². The summed E-state index contributed by atoms with van der Waals surface area (Å²) in [6.07, 6.45) is 7.15. The molecule has 3 heterocycles. The number of hydrogen-bond acceptors (Lipinski definition) is 5. The number of aromatic nitrogens is 3. The van der Waals surface area contributed by atoms with Crippen LogP contribution in [0.15, 0.2) is 10.9 Å². The molecule has 2 aromatic heterocycles. The molecule has 2 aromatic rings. The number of rotatable bonds is 3. The van der Waals surface area contributed by atoms with E-state index in [4.69, 9.17) is 0 Å². The maximum atomic E-state index is 12.2.